The fourth-order valence-corrected chi connectivity index (χ4v) is 4.37. The lowest BCUT2D eigenvalue weighted by Gasteiger charge is -2.10. The first-order valence-electron chi connectivity index (χ1n) is 7.53. The normalized spacial score (nSPS) is 21.6. The summed E-state index contributed by atoms with van der Waals surface area (Å²) in [6.07, 6.45) is 6.47. The minimum atomic E-state index is -0.447. The van der Waals surface area contributed by atoms with Gasteiger partial charge in [-0.15, -0.1) is 11.3 Å². The van der Waals surface area contributed by atoms with E-state index in [-0.39, 0.29) is 5.91 Å². The van der Waals surface area contributed by atoms with Gasteiger partial charge in [-0.1, -0.05) is 6.42 Å². The van der Waals surface area contributed by atoms with Crippen molar-refractivity contribution in [2.45, 2.75) is 51.0 Å². The highest BCUT2D eigenvalue weighted by Crippen LogP contribution is 2.37. The molecule has 0 spiro atoms. The summed E-state index contributed by atoms with van der Waals surface area (Å²) in [5.74, 6) is -0.608. The summed E-state index contributed by atoms with van der Waals surface area (Å²) in [6, 6.07) is 0. The number of nitrogens with two attached hydrogens (primary N) is 1. The van der Waals surface area contributed by atoms with Crippen molar-refractivity contribution in [2.75, 3.05) is 11.9 Å². The number of aryl methyl sites for hydroxylation is 1. The van der Waals surface area contributed by atoms with Gasteiger partial charge >= 0.3 is 0 Å². The van der Waals surface area contributed by atoms with Gasteiger partial charge in [0.05, 0.1) is 5.56 Å². The Hall–Kier alpha value is -1.40. The van der Waals surface area contributed by atoms with Crippen molar-refractivity contribution in [1.82, 2.24) is 0 Å². The van der Waals surface area contributed by atoms with Crippen molar-refractivity contribution in [1.29, 1.82) is 0 Å². The number of fused-ring (bicyclic) bond motifs is 1. The quantitative estimate of drug-likeness (QED) is 0.840. The largest absolute Gasteiger partial charge is 0.368 e. The van der Waals surface area contributed by atoms with Crippen LogP contribution in [0, 0.1) is 0 Å². The molecule has 0 saturated carbocycles. The van der Waals surface area contributed by atoms with Crippen LogP contribution in [0.25, 0.3) is 0 Å². The van der Waals surface area contributed by atoms with E-state index < -0.39 is 12.0 Å². The van der Waals surface area contributed by atoms with Gasteiger partial charge in [-0.3, -0.25) is 9.59 Å². The summed E-state index contributed by atoms with van der Waals surface area (Å²) in [4.78, 5) is 25.2. The molecule has 114 valence electrons. The Kier molecular flexibility index (Phi) is 4.26. The van der Waals surface area contributed by atoms with Gasteiger partial charge in [0.2, 0.25) is 0 Å². The lowest BCUT2D eigenvalue weighted by Crippen LogP contribution is -2.27. The molecule has 0 radical (unpaired) electrons. The molecule has 2 aliphatic rings. The lowest BCUT2D eigenvalue weighted by atomic mass is 10.1. The Morgan fingerprint density at radius 1 is 1.19 bits per heavy atom. The Labute approximate surface area is 127 Å². The molecule has 1 atom stereocenters. The van der Waals surface area contributed by atoms with E-state index in [0.717, 1.165) is 44.1 Å². The maximum atomic E-state index is 12.2. The third-order valence-corrected chi connectivity index (χ3v) is 5.33. The van der Waals surface area contributed by atoms with Gasteiger partial charge in [0, 0.05) is 11.5 Å². The highest BCUT2D eigenvalue weighted by atomic mass is 32.1. The second kappa shape index (κ2) is 6.15. The van der Waals surface area contributed by atoms with E-state index in [9.17, 15) is 9.59 Å². The van der Waals surface area contributed by atoms with Gasteiger partial charge in [0.15, 0.2) is 0 Å². The van der Waals surface area contributed by atoms with Crippen LogP contribution in [-0.4, -0.2) is 24.5 Å². The molecule has 3 N–H and O–H groups in total. The molecule has 1 saturated heterocycles. The van der Waals surface area contributed by atoms with Crippen LogP contribution in [0.2, 0.25) is 0 Å². The summed E-state index contributed by atoms with van der Waals surface area (Å²) < 4.78 is 5.39. The number of amides is 2. The van der Waals surface area contributed by atoms with E-state index >= 15 is 0 Å². The van der Waals surface area contributed by atoms with Crippen LogP contribution in [0.4, 0.5) is 5.00 Å². The number of nitrogens with one attached hydrogen (secondary N) is 1. The summed E-state index contributed by atoms with van der Waals surface area (Å²) in [7, 11) is 0. The molecule has 6 heteroatoms. The monoisotopic (exact) mass is 308 g/mol. The van der Waals surface area contributed by atoms with Gasteiger partial charge in [0.25, 0.3) is 11.8 Å². The van der Waals surface area contributed by atoms with Gasteiger partial charge < -0.3 is 15.8 Å². The summed E-state index contributed by atoms with van der Waals surface area (Å²) >= 11 is 1.50. The first kappa shape index (κ1) is 14.5. The number of carbonyl (C=O) groups is 2. The van der Waals surface area contributed by atoms with E-state index in [1.807, 2.05) is 0 Å². The fraction of sp³-hybridized carbons (Fsp3) is 0.600. The van der Waals surface area contributed by atoms with E-state index in [0.29, 0.717) is 17.2 Å². The highest BCUT2D eigenvalue weighted by Gasteiger charge is 2.28. The number of hydrogen-bond donors (Lipinski definition) is 2. The van der Waals surface area contributed by atoms with Crippen molar-refractivity contribution in [2.24, 2.45) is 5.73 Å². The van der Waals surface area contributed by atoms with E-state index in [1.165, 1.54) is 22.6 Å². The van der Waals surface area contributed by atoms with Crippen LogP contribution >= 0.6 is 11.3 Å². The molecule has 2 heterocycles. The summed E-state index contributed by atoms with van der Waals surface area (Å²) in [5, 5.41) is 3.47. The predicted octanol–water partition coefficient (Wildman–Crippen LogP) is 2.23. The minimum absolute atomic E-state index is 0.161. The van der Waals surface area contributed by atoms with Crippen molar-refractivity contribution in [3.8, 4) is 0 Å². The molecule has 2 amide bonds. The van der Waals surface area contributed by atoms with Crippen molar-refractivity contribution >= 4 is 28.2 Å². The molecule has 0 unspecified atom stereocenters. The molecular formula is C15H20N2O3S. The Balaban J connectivity index is 1.87. The third-order valence-electron chi connectivity index (χ3n) is 4.13. The first-order chi connectivity index (χ1) is 10.2. The molecule has 1 aliphatic carbocycles. The first-order valence-corrected chi connectivity index (χ1v) is 8.35. The maximum Gasteiger partial charge on any atom is 0.254 e. The van der Waals surface area contributed by atoms with Crippen LogP contribution < -0.4 is 11.1 Å². The van der Waals surface area contributed by atoms with Crippen LogP contribution in [0.15, 0.2) is 0 Å². The lowest BCUT2D eigenvalue weighted by molar-refractivity contribution is -0.124. The van der Waals surface area contributed by atoms with Gasteiger partial charge in [0.1, 0.15) is 11.1 Å². The molecule has 1 aromatic rings. The molecule has 21 heavy (non-hydrogen) atoms. The third kappa shape index (κ3) is 2.96. The zero-order valence-electron chi connectivity index (χ0n) is 11.9. The number of thiophene rings is 1. The molecular weight excluding hydrogens is 288 g/mol. The summed E-state index contributed by atoms with van der Waals surface area (Å²) in [6.45, 7) is 0.627. The van der Waals surface area contributed by atoms with Crippen LogP contribution in [0.1, 0.15) is 52.9 Å². The molecule has 0 bridgehead atoms. The van der Waals surface area contributed by atoms with Crippen LogP contribution in [-0.2, 0) is 22.4 Å². The molecule has 1 fully saturated rings. The molecule has 1 aliphatic heterocycles. The average Bonchev–Trinajstić information content (AvgIpc) is 3.02. The Morgan fingerprint density at radius 2 is 2.00 bits per heavy atom. The standard InChI is InChI=1S/C15H20N2O3S/c16-13(18)12-9-5-2-1-3-7-11(9)21-15(12)17-14(19)10-6-4-8-20-10/h10H,1-8H2,(H2,16,18)(H,17,19)/t10-/m1/s1. The van der Waals surface area contributed by atoms with Crippen molar-refractivity contribution in [3.05, 3.63) is 16.0 Å². The van der Waals surface area contributed by atoms with Gasteiger partial charge in [-0.2, -0.15) is 0 Å². The number of carbonyl (C=O) groups excluding carboxylic acids is 2. The second-order valence-electron chi connectivity index (χ2n) is 5.62. The number of anilines is 1. The van der Waals surface area contributed by atoms with Crippen LogP contribution in [0.3, 0.4) is 0 Å². The second-order valence-corrected chi connectivity index (χ2v) is 6.73. The maximum absolute atomic E-state index is 12.2. The number of hydrogen-bond acceptors (Lipinski definition) is 4. The summed E-state index contributed by atoms with van der Waals surface area (Å²) in [5.41, 5.74) is 7.11. The number of primary amides is 1. The smallest absolute Gasteiger partial charge is 0.254 e. The highest BCUT2D eigenvalue weighted by molar-refractivity contribution is 7.17. The zero-order valence-corrected chi connectivity index (χ0v) is 12.8. The van der Waals surface area contributed by atoms with E-state index in [2.05, 4.69) is 5.32 Å². The molecule has 1 aromatic heterocycles. The molecule has 3 rings (SSSR count). The average molecular weight is 308 g/mol. The molecule has 5 nitrogen and oxygen atoms in total. The van der Waals surface area contributed by atoms with E-state index in [1.54, 1.807) is 0 Å². The van der Waals surface area contributed by atoms with Crippen LogP contribution in [0.5, 0.6) is 0 Å². The molecule has 0 aromatic carbocycles. The minimum Gasteiger partial charge on any atom is -0.368 e. The Morgan fingerprint density at radius 3 is 2.71 bits per heavy atom. The Bertz CT molecular complexity index is 562. The van der Waals surface area contributed by atoms with Crippen molar-refractivity contribution in [3.63, 3.8) is 0 Å². The van der Waals surface area contributed by atoms with E-state index in [4.69, 9.17) is 10.5 Å². The fourth-order valence-electron chi connectivity index (χ4n) is 3.07. The topological polar surface area (TPSA) is 81.4 Å². The number of ether oxygens (including phenoxy) is 1. The van der Waals surface area contributed by atoms with Gasteiger partial charge in [-0.05, 0) is 44.1 Å². The van der Waals surface area contributed by atoms with Gasteiger partial charge in [-0.25, -0.2) is 0 Å². The predicted molar refractivity (Wildman–Crippen MR) is 81.7 cm³/mol. The SMILES string of the molecule is NC(=O)c1c(NC(=O)[C@H]2CCCO2)sc2c1CCCCC2. The zero-order chi connectivity index (χ0) is 14.8. The van der Waals surface area contributed by atoms with Crippen molar-refractivity contribution < 1.29 is 14.3 Å². The number of rotatable bonds is 3.